The summed E-state index contributed by atoms with van der Waals surface area (Å²) >= 11 is 0. The Morgan fingerprint density at radius 2 is 2.09 bits per heavy atom. The van der Waals surface area contributed by atoms with Crippen LogP contribution in [0.2, 0.25) is 0 Å². The van der Waals surface area contributed by atoms with E-state index in [-0.39, 0.29) is 13.0 Å². The molecule has 11 heavy (non-hydrogen) atoms. The quantitative estimate of drug-likeness (QED) is 0.556. The summed E-state index contributed by atoms with van der Waals surface area (Å²) in [5.74, 6) is -0.673. The van der Waals surface area contributed by atoms with Crippen LogP contribution in [-0.2, 0) is 9.53 Å². The third-order valence-corrected chi connectivity index (χ3v) is 1.12. The lowest BCUT2D eigenvalue weighted by atomic mass is 10.2. The van der Waals surface area contributed by atoms with Crippen molar-refractivity contribution in [3.05, 3.63) is 0 Å². The molecular formula is C7H14O4. The lowest BCUT2D eigenvalue weighted by Gasteiger charge is -2.10. The molecule has 0 unspecified atom stereocenters. The Bertz CT molecular complexity index is 122. The first-order valence-electron chi connectivity index (χ1n) is 3.60. The highest BCUT2D eigenvalue weighted by Crippen LogP contribution is 1.99. The van der Waals surface area contributed by atoms with Gasteiger partial charge in [-0.25, -0.2) is 4.79 Å². The molecule has 0 aromatic carbocycles. The molecule has 66 valence electrons. The third-order valence-electron chi connectivity index (χ3n) is 1.12. The zero-order valence-corrected chi connectivity index (χ0v) is 6.78. The van der Waals surface area contributed by atoms with Crippen molar-refractivity contribution in [3.63, 3.8) is 0 Å². The van der Waals surface area contributed by atoms with E-state index in [2.05, 4.69) is 4.74 Å². The molecule has 0 fully saturated rings. The van der Waals surface area contributed by atoms with Crippen LogP contribution in [0, 0.1) is 0 Å². The number of esters is 1. The predicted molar refractivity (Wildman–Crippen MR) is 38.9 cm³/mol. The van der Waals surface area contributed by atoms with E-state index in [4.69, 9.17) is 10.2 Å². The first-order valence-corrected chi connectivity index (χ1v) is 3.60. The molecular weight excluding hydrogens is 148 g/mol. The predicted octanol–water partition coefficient (Wildman–Crippen LogP) is -0.319. The number of aliphatic hydroxyl groups excluding tert-OH is 2. The fourth-order valence-corrected chi connectivity index (χ4v) is 0.658. The van der Waals surface area contributed by atoms with E-state index in [0.717, 1.165) is 0 Å². The van der Waals surface area contributed by atoms with Gasteiger partial charge in [-0.05, 0) is 13.8 Å². The molecule has 0 rings (SSSR count). The van der Waals surface area contributed by atoms with Crippen LogP contribution >= 0.6 is 0 Å². The zero-order valence-electron chi connectivity index (χ0n) is 6.78. The molecule has 2 N–H and O–H groups in total. The van der Waals surface area contributed by atoms with Gasteiger partial charge in [-0.15, -0.1) is 0 Å². The number of ether oxygens (including phenoxy) is 1. The van der Waals surface area contributed by atoms with E-state index in [1.165, 1.54) is 6.92 Å². The number of carbonyl (C=O) groups excluding carboxylic acids is 1. The summed E-state index contributed by atoms with van der Waals surface area (Å²) in [6.45, 7) is 3.41. The Morgan fingerprint density at radius 1 is 1.55 bits per heavy atom. The largest absolute Gasteiger partial charge is 0.464 e. The minimum atomic E-state index is -1.20. The summed E-state index contributed by atoms with van der Waals surface area (Å²) in [7, 11) is 0. The highest BCUT2D eigenvalue weighted by atomic mass is 16.5. The Kier molecular flexibility index (Phi) is 4.81. The standard InChI is InChI=1S/C7H14O4/c1-3-11-7(10)6(9)4-5(2)8/h5-6,8-9H,3-4H2,1-2H3/t5-,6+/m1/s1. The second-order valence-electron chi connectivity index (χ2n) is 2.35. The van der Waals surface area contributed by atoms with Crippen molar-refractivity contribution in [2.75, 3.05) is 6.61 Å². The first-order chi connectivity index (χ1) is 5.07. The van der Waals surface area contributed by atoms with Crippen LogP contribution in [-0.4, -0.2) is 35.0 Å². The molecule has 0 aliphatic carbocycles. The number of rotatable bonds is 4. The average molecular weight is 162 g/mol. The molecule has 0 bridgehead atoms. The van der Waals surface area contributed by atoms with Gasteiger partial charge in [0.1, 0.15) is 0 Å². The van der Waals surface area contributed by atoms with Gasteiger partial charge < -0.3 is 14.9 Å². The SMILES string of the molecule is CCOC(=O)[C@@H](O)C[C@@H](C)O. The fraction of sp³-hybridized carbons (Fsp3) is 0.857. The molecule has 0 aromatic rings. The molecule has 0 saturated carbocycles. The van der Waals surface area contributed by atoms with Crippen molar-refractivity contribution in [2.45, 2.75) is 32.5 Å². The molecule has 4 nitrogen and oxygen atoms in total. The van der Waals surface area contributed by atoms with Crippen molar-refractivity contribution in [1.29, 1.82) is 0 Å². The van der Waals surface area contributed by atoms with Crippen LogP contribution in [0.4, 0.5) is 0 Å². The van der Waals surface area contributed by atoms with E-state index in [9.17, 15) is 4.79 Å². The summed E-state index contributed by atoms with van der Waals surface area (Å²) in [6, 6.07) is 0. The van der Waals surface area contributed by atoms with Gasteiger partial charge in [-0.2, -0.15) is 0 Å². The van der Waals surface area contributed by atoms with Crippen molar-refractivity contribution in [3.8, 4) is 0 Å². The van der Waals surface area contributed by atoms with Gasteiger partial charge in [0.2, 0.25) is 0 Å². The first kappa shape index (κ1) is 10.4. The van der Waals surface area contributed by atoms with Gasteiger partial charge in [-0.3, -0.25) is 0 Å². The topological polar surface area (TPSA) is 66.8 Å². The monoisotopic (exact) mass is 162 g/mol. The van der Waals surface area contributed by atoms with E-state index >= 15 is 0 Å². The summed E-state index contributed by atoms with van der Waals surface area (Å²) in [5.41, 5.74) is 0. The number of carbonyl (C=O) groups is 1. The molecule has 0 aromatic heterocycles. The molecule has 0 saturated heterocycles. The van der Waals surface area contributed by atoms with E-state index < -0.39 is 18.2 Å². The van der Waals surface area contributed by atoms with Crippen LogP contribution in [0.5, 0.6) is 0 Å². The van der Waals surface area contributed by atoms with Crippen LogP contribution in [0.1, 0.15) is 20.3 Å². The van der Waals surface area contributed by atoms with Crippen LogP contribution < -0.4 is 0 Å². The normalized spacial score (nSPS) is 15.6. The number of hydrogen-bond donors (Lipinski definition) is 2. The fourth-order valence-electron chi connectivity index (χ4n) is 0.658. The van der Waals surface area contributed by atoms with Gasteiger partial charge in [0.05, 0.1) is 12.7 Å². The van der Waals surface area contributed by atoms with Gasteiger partial charge in [-0.1, -0.05) is 0 Å². The van der Waals surface area contributed by atoms with Crippen molar-refractivity contribution in [1.82, 2.24) is 0 Å². The second-order valence-corrected chi connectivity index (χ2v) is 2.35. The maximum absolute atomic E-state index is 10.7. The van der Waals surface area contributed by atoms with E-state index in [0.29, 0.717) is 0 Å². The van der Waals surface area contributed by atoms with Crippen molar-refractivity contribution in [2.24, 2.45) is 0 Å². The van der Waals surface area contributed by atoms with E-state index in [1.807, 2.05) is 0 Å². The highest BCUT2D eigenvalue weighted by molar-refractivity contribution is 5.74. The summed E-state index contributed by atoms with van der Waals surface area (Å²) < 4.78 is 4.50. The highest BCUT2D eigenvalue weighted by Gasteiger charge is 2.17. The number of aliphatic hydroxyl groups is 2. The van der Waals surface area contributed by atoms with E-state index in [1.54, 1.807) is 6.92 Å². The minimum absolute atomic E-state index is 0.0266. The van der Waals surface area contributed by atoms with Crippen molar-refractivity contribution >= 4 is 5.97 Å². The molecule has 0 amide bonds. The average Bonchev–Trinajstić information content (AvgIpc) is 1.86. The lowest BCUT2D eigenvalue weighted by molar-refractivity contribution is -0.154. The maximum Gasteiger partial charge on any atom is 0.335 e. The molecule has 0 aliphatic rings. The van der Waals surface area contributed by atoms with Gasteiger partial charge >= 0.3 is 5.97 Å². The molecule has 0 spiro atoms. The van der Waals surface area contributed by atoms with Gasteiger partial charge in [0.15, 0.2) is 6.10 Å². The smallest absolute Gasteiger partial charge is 0.335 e. The Labute approximate surface area is 65.8 Å². The Morgan fingerprint density at radius 3 is 2.45 bits per heavy atom. The molecule has 0 heterocycles. The summed E-state index contributed by atoms with van der Waals surface area (Å²) in [4.78, 5) is 10.7. The minimum Gasteiger partial charge on any atom is -0.464 e. The van der Waals surface area contributed by atoms with Crippen LogP contribution in [0.15, 0.2) is 0 Å². The van der Waals surface area contributed by atoms with Crippen molar-refractivity contribution < 1.29 is 19.7 Å². The number of hydrogen-bond acceptors (Lipinski definition) is 4. The maximum atomic E-state index is 10.7. The molecule has 4 heteroatoms. The molecule has 2 atom stereocenters. The van der Waals surface area contributed by atoms with Crippen LogP contribution in [0.25, 0.3) is 0 Å². The molecule has 0 aliphatic heterocycles. The van der Waals surface area contributed by atoms with Gasteiger partial charge in [0, 0.05) is 6.42 Å². The summed E-state index contributed by atoms with van der Waals surface area (Å²) in [6.07, 6.45) is -1.86. The Hall–Kier alpha value is -0.610. The van der Waals surface area contributed by atoms with Crippen LogP contribution in [0.3, 0.4) is 0 Å². The third kappa shape index (κ3) is 4.75. The summed E-state index contributed by atoms with van der Waals surface area (Å²) in [5, 5.41) is 17.8. The second kappa shape index (κ2) is 5.09. The Balaban J connectivity index is 3.64. The molecule has 0 radical (unpaired) electrons. The lowest BCUT2D eigenvalue weighted by Crippen LogP contribution is -2.26. The zero-order chi connectivity index (χ0) is 8.85. The van der Waals surface area contributed by atoms with Gasteiger partial charge in [0.25, 0.3) is 0 Å².